The number of sulfonamides is 1. The van der Waals surface area contributed by atoms with Gasteiger partial charge in [-0.3, -0.25) is 14.5 Å². The molecule has 1 aliphatic rings. The van der Waals surface area contributed by atoms with E-state index in [2.05, 4.69) is 15.0 Å². The number of benzene rings is 2. The molecule has 0 spiro atoms. The van der Waals surface area contributed by atoms with Crippen LogP contribution in [-0.4, -0.2) is 39.9 Å². The second kappa shape index (κ2) is 7.57. The molecule has 8 heteroatoms. The summed E-state index contributed by atoms with van der Waals surface area (Å²) in [4.78, 5) is 16.2. The van der Waals surface area contributed by atoms with Crippen LogP contribution in [-0.2, 0) is 14.8 Å². The van der Waals surface area contributed by atoms with Crippen molar-refractivity contribution in [3.05, 3.63) is 59.7 Å². The Morgan fingerprint density at radius 3 is 2.65 bits per heavy atom. The number of fused-ring (bicyclic) bond motifs is 1. The average Bonchev–Trinajstić information content (AvgIpc) is 2.89. The van der Waals surface area contributed by atoms with E-state index in [-0.39, 0.29) is 30.5 Å². The van der Waals surface area contributed by atoms with Gasteiger partial charge in [-0.05, 0) is 31.2 Å². The fourth-order valence-corrected chi connectivity index (χ4v) is 3.70. The quantitative estimate of drug-likeness (QED) is 0.744. The zero-order chi connectivity index (χ0) is 18.6. The molecule has 0 aromatic heterocycles. The number of aryl methyl sites for hydroxylation is 1. The van der Waals surface area contributed by atoms with Gasteiger partial charge in [0.25, 0.3) is 15.9 Å². The third-order valence-corrected chi connectivity index (χ3v) is 5.15. The molecule has 136 valence electrons. The van der Waals surface area contributed by atoms with E-state index in [9.17, 15) is 13.2 Å². The van der Waals surface area contributed by atoms with Crippen molar-refractivity contribution >= 4 is 21.8 Å². The summed E-state index contributed by atoms with van der Waals surface area (Å²) in [5, 5.41) is 2.68. The zero-order valence-electron chi connectivity index (χ0n) is 14.2. The lowest BCUT2D eigenvalue weighted by Crippen LogP contribution is -2.31. The van der Waals surface area contributed by atoms with Crippen LogP contribution in [0.2, 0.25) is 0 Å². The number of ether oxygens (including phenoxy) is 1. The molecule has 2 aromatic carbocycles. The Kier molecular flexibility index (Phi) is 5.22. The highest BCUT2D eigenvalue weighted by molar-refractivity contribution is 7.90. The summed E-state index contributed by atoms with van der Waals surface area (Å²) in [5.74, 6) is 0.659. The minimum Gasteiger partial charge on any atom is -0.484 e. The lowest BCUT2D eigenvalue weighted by molar-refractivity contribution is -0.123. The summed E-state index contributed by atoms with van der Waals surface area (Å²) in [6, 6.07) is 14.1. The molecular formula is C18H19N3O4S. The second-order valence-electron chi connectivity index (χ2n) is 5.78. The molecule has 0 unspecified atom stereocenters. The van der Waals surface area contributed by atoms with E-state index in [1.54, 1.807) is 30.3 Å². The summed E-state index contributed by atoms with van der Waals surface area (Å²) in [6.45, 7) is 2.42. The van der Waals surface area contributed by atoms with Gasteiger partial charge in [-0.2, -0.15) is 0 Å². The monoisotopic (exact) mass is 373 g/mol. The van der Waals surface area contributed by atoms with Gasteiger partial charge in [0.2, 0.25) is 0 Å². The van der Waals surface area contributed by atoms with Gasteiger partial charge in [-0.25, -0.2) is 8.42 Å². The number of nitrogens with zero attached hydrogens (tertiary/aromatic N) is 1. The standard InChI is InChI=1S/C18H19N3O4S/c1-13-6-8-14(9-7-13)25-12-17(22)19-10-11-20-18-15-4-2-3-5-16(15)26(23,24)21-18/h2-9H,10-12H2,1H3,(H,19,22)(H,20,21). The number of aliphatic imine (C=N–C) groups is 1. The topological polar surface area (TPSA) is 96.9 Å². The van der Waals surface area contributed by atoms with E-state index in [4.69, 9.17) is 4.74 Å². The van der Waals surface area contributed by atoms with E-state index in [0.29, 0.717) is 17.1 Å². The molecule has 1 heterocycles. The van der Waals surface area contributed by atoms with Crippen LogP contribution in [0, 0.1) is 6.92 Å². The van der Waals surface area contributed by atoms with Gasteiger partial charge >= 0.3 is 0 Å². The van der Waals surface area contributed by atoms with E-state index in [1.807, 2.05) is 19.1 Å². The summed E-state index contributed by atoms with van der Waals surface area (Å²) in [5.41, 5.74) is 1.66. The Labute approximate surface area is 152 Å². The minimum absolute atomic E-state index is 0.0882. The third kappa shape index (κ3) is 4.20. The highest BCUT2D eigenvalue weighted by Crippen LogP contribution is 2.21. The van der Waals surface area contributed by atoms with Crippen LogP contribution >= 0.6 is 0 Å². The highest BCUT2D eigenvalue weighted by Gasteiger charge is 2.29. The van der Waals surface area contributed by atoms with Gasteiger partial charge in [-0.15, -0.1) is 0 Å². The maximum absolute atomic E-state index is 12.0. The first kappa shape index (κ1) is 17.9. The molecule has 1 aliphatic heterocycles. The van der Waals surface area contributed by atoms with Crippen LogP contribution < -0.4 is 14.8 Å². The fourth-order valence-electron chi connectivity index (χ4n) is 2.45. The first-order valence-corrected chi connectivity index (χ1v) is 9.57. The maximum atomic E-state index is 12.0. The van der Waals surface area contributed by atoms with Crippen LogP contribution in [0.25, 0.3) is 0 Å². The lowest BCUT2D eigenvalue weighted by Gasteiger charge is -2.07. The van der Waals surface area contributed by atoms with Crippen LogP contribution in [0.4, 0.5) is 0 Å². The van der Waals surface area contributed by atoms with E-state index >= 15 is 0 Å². The molecule has 0 aliphatic carbocycles. The Bertz CT molecular complexity index is 937. The zero-order valence-corrected chi connectivity index (χ0v) is 15.0. The van der Waals surface area contributed by atoms with Crippen molar-refractivity contribution in [3.8, 4) is 5.75 Å². The highest BCUT2D eigenvalue weighted by atomic mass is 32.2. The first-order chi connectivity index (χ1) is 12.5. The molecule has 2 N–H and O–H groups in total. The van der Waals surface area contributed by atoms with Crippen molar-refractivity contribution in [2.24, 2.45) is 4.99 Å². The van der Waals surface area contributed by atoms with Gasteiger partial charge in [-0.1, -0.05) is 29.8 Å². The number of carbonyl (C=O) groups excluding carboxylic acids is 1. The SMILES string of the molecule is Cc1ccc(OCC(=O)NCCN=C2NS(=O)(=O)c3ccccc32)cc1. The van der Waals surface area contributed by atoms with Crippen LogP contribution in [0.5, 0.6) is 5.75 Å². The third-order valence-electron chi connectivity index (χ3n) is 3.76. The molecular weight excluding hydrogens is 354 g/mol. The molecule has 3 rings (SSSR count). The van der Waals surface area contributed by atoms with Gasteiger partial charge in [0.1, 0.15) is 11.6 Å². The number of hydrogen-bond acceptors (Lipinski definition) is 5. The summed E-state index contributed by atoms with van der Waals surface area (Å²) < 4.78 is 31.7. The van der Waals surface area contributed by atoms with Crippen LogP contribution in [0.1, 0.15) is 11.1 Å². The maximum Gasteiger partial charge on any atom is 0.263 e. The fraction of sp³-hybridized carbons (Fsp3) is 0.222. The van der Waals surface area contributed by atoms with Crippen molar-refractivity contribution in [2.45, 2.75) is 11.8 Å². The van der Waals surface area contributed by atoms with Crippen molar-refractivity contribution in [1.82, 2.24) is 10.0 Å². The largest absolute Gasteiger partial charge is 0.484 e. The predicted octanol–water partition coefficient (Wildman–Crippen LogP) is 1.23. The number of rotatable bonds is 6. The van der Waals surface area contributed by atoms with Crippen molar-refractivity contribution in [3.63, 3.8) is 0 Å². The molecule has 26 heavy (non-hydrogen) atoms. The normalized spacial score (nSPS) is 16.0. The number of carbonyl (C=O) groups is 1. The van der Waals surface area contributed by atoms with Gasteiger partial charge in [0.05, 0.1) is 11.4 Å². The smallest absolute Gasteiger partial charge is 0.263 e. The van der Waals surface area contributed by atoms with Crippen molar-refractivity contribution < 1.29 is 17.9 Å². The van der Waals surface area contributed by atoms with Gasteiger partial charge in [0, 0.05) is 12.1 Å². The average molecular weight is 373 g/mol. The van der Waals surface area contributed by atoms with E-state index in [1.165, 1.54) is 6.07 Å². The number of hydrogen-bond donors (Lipinski definition) is 2. The number of nitrogens with one attached hydrogen (secondary N) is 2. The van der Waals surface area contributed by atoms with Gasteiger partial charge < -0.3 is 10.1 Å². The Morgan fingerprint density at radius 2 is 1.88 bits per heavy atom. The molecule has 1 amide bonds. The van der Waals surface area contributed by atoms with E-state index in [0.717, 1.165) is 5.56 Å². The molecule has 0 saturated carbocycles. The molecule has 0 fully saturated rings. The summed E-state index contributed by atoms with van der Waals surface area (Å²) >= 11 is 0. The molecule has 7 nitrogen and oxygen atoms in total. The summed E-state index contributed by atoms with van der Waals surface area (Å²) in [6.07, 6.45) is 0. The second-order valence-corrected chi connectivity index (χ2v) is 7.43. The van der Waals surface area contributed by atoms with E-state index < -0.39 is 10.0 Å². The Balaban J connectivity index is 1.47. The summed E-state index contributed by atoms with van der Waals surface area (Å²) in [7, 11) is -3.54. The number of amidine groups is 1. The minimum atomic E-state index is -3.54. The number of amides is 1. The first-order valence-electron chi connectivity index (χ1n) is 8.08. The molecule has 0 atom stereocenters. The molecule has 2 aromatic rings. The Hall–Kier alpha value is -2.87. The van der Waals surface area contributed by atoms with Crippen LogP contribution in [0.15, 0.2) is 58.4 Å². The van der Waals surface area contributed by atoms with Gasteiger partial charge in [0.15, 0.2) is 6.61 Å². The molecule has 0 radical (unpaired) electrons. The van der Waals surface area contributed by atoms with Crippen molar-refractivity contribution in [2.75, 3.05) is 19.7 Å². The predicted molar refractivity (Wildman–Crippen MR) is 97.9 cm³/mol. The molecule has 0 saturated heterocycles. The Morgan fingerprint density at radius 1 is 1.15 bits per heavy atom. The lowest BCUT2D eigenvalue weighted by atomic mass is 10.2. The van der Waals surface area contributed by atoms with Crippen molar-refractivity contribution in [1.29, 1.82) is 0 Å². The van der Waals surface area contributed by atoms with Crippen LogP contribution in [0.3, 0.4) is 0 Å². The molecule has 0 bridgehead atoms.